The van der Waals surface area contributed by atoms with Crippen molar-refractivity contribution in [1.29, 1.82) is 0 Å². The number of carbonyl (C=O) groups is 1. The molecular weight excluding hydrogens is 366 g/mol. The third-order valence-corrected chi connectivity index (χ3v) is 7.12. The zero-order valence-corrected chi connectivity index (χ0v) is 16.1. The van der Waals surface area contributed by atoms with E-state index in [1.807, 2.05) is 37.3 Å². The van der Waals surface area contributed by atoms with Gasteiger partial charge < -0.3 is 10.2 Å². The molecule has 2 unspecified atom stereocenters. The summed E-state index contributed by atoms with van der Waals surface area (Å²) in [5.74, 6) is 2.66. The van der Waals surface area contributed by atoms with Crippen molar-refractivity contribution >= 4 is 27.7 Å². The molecule has 1 amide bonds. The maximum atomic E-state index is 13.1. The molecule has 1 N–H and O–H groups in total. The van der Waals surface area contributed by atoms with Gasteiger partial charge in [-0.05, 0) is 68.1 Å². The minimum Gasteiger partial charge on any atom is -0.363 e. The van der Waals surface area contributed by atoms with Crippen LogP contribution in [0.25, 0.3) is 0 Å². The average molecular weight is 392 g/mol. The van der Waals surface area contributed by atoms with Gasteiger partial charge in [0, 0.05) is 31.2 Å². The first-order chi connectivity index (χ1) is 11.4. The fraction of sp³-hybridized carbons (Fsp3) is 0.684. The van der Waals surface area contributed by atoms with Gasteiger partial charge in [-0.25, -0.2) is 4.98 Å². The molecule has 0 spiro atoms. The van der Waals surface area contributed by atoms with Crippen molar-refractivity contribution < 1.29 is 4.79 Å². The van der Waals surface area contributed by atoms with Gasteiger partial charge in [-0.1, -0.05) is 15.9 Å². The molecule has 4 nitrogen and oxygen atoms in total. The molecular formula is C19H26BrN3O. The Bertz CT molecular complexity index is 646. The molecule has 1 aromatic rings. The Morgan fingerprint density at radius 1 is 1.33 bits per heavy atom. The SMILES string of the molecule is CN(C)c1cc(CNC(=O)C23CC4CC(CC(Br)(C4)C2)C3)ccn1. The van der Waals surface area contributed by atoms with E-state index in [1.54, 1.807) is 0 Å². The molecule has 0 saturated heterocycles. The first-order valence-electron chi connectivity index (χ1n) is 8.97. The van der Waals surface area contributed by atoms with Gasteiger partial charge in [-0.15, -0.1) is 0 Å². The highest BCUT2D eigenvalue weighted by Gasteiger charge is 2.59. The van der Waals surface area contributed by atoms with Crippen LogP contribution in [0.4, 0.5) is 5.82 Å². The Labute approximate surface area is 152 Å². The third-order valence-electron chi connectivity index (χ3n) is 6.19. The van der Waals surface area contributed by atoms with Gasteiger partial charge >= 0.3 is 0 Å². The number of hydrogen-bond donors (Lipinski definition) is 1. The van der Waals surface area contributed by atoms with E-state index < -0.39 is 0 Å². The molecule has 4 fully saturated rings. The van der Waals surface area contributed by atoms with E-state index in [0.717, 1.165) is 42.5 Å². The molecule has 0 aliphatic heterocycles. The van der Waals surface area contributed by atoms with Crippen molar-refractivity contribution in [1.82, 2.24) is 10.3 Å². The Kier molecular flexibility index (Phi) is 3.90. The maximum Gasteiger partial charge on any atom is 0.226 e. The van der Waals surface area contributed by atoms with Crippen molar-refractivity contribution in [2.75, 3.05) is 19.0 Å². The van der Waals surface area contributed by atoms with Crippen LogP contribution in [0.15, 0.2) is 18.3 Å². The summed E-state index contributed by atoms with van der Waals surface area (Å²) < 4.78 is 0.225. The lowest BCUT2D eigenvalue weighted by molar-refractivity contribution is -0.144. The lowest BCUT2D eigenvalue weighted by atomic mass is 9.49. The number of amides is 1. The van der Waals surface area contributed by atoms with Crippen LogP contribution in [0.1, 0.15) is 44.1 Å². The van der Waals surface area contributed by atoms with Crippen LogP contribution in [-0.2, 0) is 11.3 Å². The summed E-state index contributed by atoms with van der Waals surface area (Å²) in [5, 5.41) is 3.23. The van der Waals surface area contributed by atoms with Gasteiger partial charge in [0.2, 0.25) is 5.91 Å². The normalized spacial score (nSPS) is 36.6. The minimum atomic E-state index is -0.134. The summed E-state index contributed by atoms with van der Waals surface area (Å²) in [6.07, 6.45) is 8.85. The number of anilines is 1. The van der Waals surface area contributed by atoms with E-state index >= 15 is 0 Å². The summed E-state index contributed by atoms with van der Waals surface area (Å²) in [4.78, 5) is 19.4. The summed E-state index contributed by atoms with van der Waals surface area (Å²) in [6.45, 7) is 0.592. The van der Waals surface area contributed by atoms with Gasteiger partial charge in [0.25, 0.3) is 0 Å². The largest absolute Gasteiger partial charge is 0.363 e. The summed E-state index contributed by atoms with van der Waals surface area (Å²) in [5.41, 5.74) is 0.977. The van der Waals surface area contributed by atoms with Crippen LogP contribution in [-0.4, -0.2) is 29.3 Å². The molecule has 4 aliphatic rings. The van der Waals surface area contributed by atoms with Crippen molar-refractivity contribution in [2.45, 2.75) is 49.4 Å². The molecule has 4 bridgehead atoms. The highest BCUT2D eigenvalue weighted by Crippen LogP contribution is 2.64. The van der Waals surface area contributed by atoms with E-state index in [9.17, 15) is 4.79 Å². The second kappa shape index (κ2) is 5.72. The fourth-order valence-electron chi connectivity index (χ4n) is 5.60. The first-order valence-corrected chi connectivity index (χ1v) is 9.76. The predicted octanol–water partition coefficient (Wildman–Crippen LogP) is 3.50. The Hall–Kier alpha value is -1.10. The molecule has 0 radical (unpaired) electrons. The van der Waals surface area contributed by atoms with Gasteiger partial charge in [-0.2, -0.15) is 0 Å². The summed E-state index contributed by atoms with van der Waals surface area (Å²) >= 11 is 3.99. The number of hydrogen-bond acceptors (Lipinski definition) is 3. The molecule has 5 rings (SSSR count). The number of carbonyl (C=O) groups excluding carboxylic acids is 1. The number of halogens is 1. The van der Waals surface area contributed by atoms with Crippen LogP contribution in [0, 0.1) is 17.3 Å². The van der Waals surface area contributed by atoms with Crippen LogP contribution >= 0.6 is 15.9 Å². The zero-order chi connectivity index (χ0) is 16.9. The van der Waals surface area contributed by atoms with E-state index in [0.29, 0.717) is 6.54 Å². The fourth-order valence-corrected chi connectivity index (χ4v) is 7.05. The van der Waals surface area contributed by atoms with Crippen molar-refractivity contribution in [3.05, 3.63) is 23.9 Å². The summed E-state index contributed by atoms with van der Waals surface area (Å²) in [7, 11) is 3.96. The van der Waals surface area contributed by atoms with Crippen molar-refractivity contribution in [2.24, 2.45) is 17.3 Å². The number of nitrogens with one attached hydrogen (secondary N) is 1. The lowest BCUT2D eigenvalue weighted by Crippen LogP contribution is -2.58. The second-order valence-electron chi connectivity index (χ2n) is 8.49. The molecule has 5 heteroatoms. The molecule has 4 aliphatic carbocycles. The van der Waals surface area contributed by atoms with Crippen LogP contribution < -0.4 is 10.2 Å². The molecule has 130 valence electrons. The number of aromatic nitrogens is 1. The topological polar surface area (TPSA) is 45.2 Å². The molecule has 1 heterocycles. The number of rotatable bonds is 4. The average Bonchev–Trinajstić information content (AvgIpc) is 2.50. The Morgan fingerprint density at radius 2 is 2.04 bits per heavy atom. The zero-order valence-electron chi connectivity index (χ0n) is 14.5. The van der Waals surface area contributed by atoms with Crippen LogP contribution in [0.2, 0.25) is 0 Å². The van der Waals surface area contributed by atoms with E-state index in [4.69, 9.17) is 0 Å². The number of pyridine rings is 1. The highest BCUT2D eigenvalue weighted by atomic mass is 79.9. The molecule has 24 heavy (non-hydrogen) atoms. The van der Waals surface area contributed by atoms with Crippen molar-refractivity contribution in [3.8, 4) is 0 Å². The van der Waals surface area contributed by atoms with Crippen LogP contribution in [0.5, 0.6) is 0 Å². The Balaban J connectivity index is 1.46. The number of alkyl halides is 1. The van der Waals surface area contributed by atoms with E-state index in [2.05, 4.69) is 26.2 Å². The number of nitrogens with zero attached hydrogens (tertiary/aromatic N) is 2. The summed E-state index contributed by atoms with van der Waals surface area (Å²) in [6, 6.07) is 4.03. The third kappa shape index (κ3) is 2.85. The maximum absolute atomic E-state index is 13.1. The lowest BCUT2D eigenvalue weighted by Gasteiger charge is -2.59. The predicted molar refractivity (Wildman–Crippen MR) is 99.2 cm³/mol. The molecule has 1 aromatic heterocycles. The Morgan fingerprint density at radius 3 is 2.67 bits per heavy atom. The van der Waals surface area contributed by atoms with Crippen molar-refractivity contribution in [3.63, 3.8) is 0 Å². The van der Waals surface area contributed by atoms with Gasteiger partial charge in [0.1, 0.15) is 5.82 Å². The molecule has 0 aromatic carbocycles. The van der Waals surface area contributed by atoms with Gasteiger partial charge in [-0.3, -0.25) is 4.79 Å². The standard InChI is InChI=1S/C19H26BrN3O/c1-23(2)16-6-13(3-4-21-16)11-22-17(24)18-7-14-5-15(8-18)10-19(20,9-14)12-18/h3-4,6,14-15H,5,7-12H2,1-2H3,(H,22,24). The highest BCUT2D eigenvalue weighted by molar-refractivity contribution is 9.10. The van der Waals surface area contributed by atoms with Crippen LogP contribution in [0.3, 0.4) is 0 Å². The van der Waals surface area contributed by atoms with E-state index in [1.165, 1.54) is 19.3 Å². The quantitative estimate of drug-likeness (QED) is 0.798. The minimum absolute atomic E-state index is 0.134. The molecule has 2 atom stereocenters. The van der Waals surface area contributed by atoms with E-state index in [-0.39, 0.29) is 15.6 Å². The second-order valence-corrected chi connectivity index (χ2v) is 10.2. The molecule has 4 saturated carbocycles. The van der Waals surface area contributed by atoms with Gasteiger partial charge in [0.15, 0.2) is 0 Å². The first kappa shape index (κ1) is 16.4. The smallest absolute Gasteiger partial charge is 0.226 e. The van der Waals surface area contributed by atoms with Gasteiger partial charge in [0.05, 0.1) is 5.41 Å². The monoisotopic (exact) mass is 391 g/mol.